The number of sulfonamides is 1. The van der Waals surface area contributed by atoms with Gasteiger partial charge >= 0.3 is 0 Å². The molecule has 174 valence electrons. The lowest BCUT2D eigenvalue weighted by molar-refractivity contribution is 0.0987. The summed E-state index contributed by atoms with van der Waals surface area (Å²) in [5, 5.41) is 0.535. The highest BCUT2D eigenvalue weighted by atomic mass is 35.5. The lowest BCUT2D eigenvalue weighted by atomic mass is 10.1. The van der Waals surface area contributed by atoms with Gasteiger partial charge in [-0.1, -0.05) is 40.9 Å². The maximum Gasteiger partial charge on any atom is 0.259 e. The molecule has 3 aromatic carbocycles. The van der Waals surface area contributed by atoms with Crippen LogP contribution in [0.5, 0.6) is 0 Å². The molecule has 3 rings (SSSR count). The van der Waals surface area contributed by atoms with Gasteiger partial charge in [-0.05, 0) is 74.4 Å². The Labute approximate surface area is 203 Å². The molecule has 33 heavy (non-hydrogen) atoms. The van der Waals surface area contributed by atoms with E-state index in [1.54, 1.807) is 26.0 Å². The van der Waals surface area contributed by atoms with Gasteiger partial charge in [0.05, 0.1) is 15.5 Å². The molecule has 0 unspecified atom stereocenters. The van der Waals surface area contributed by atoms with E-state index in [9.17, 15) is 17.6 Å². The fourth-order valence-electron chi connectivity index (χ4n) is 3.73. The third kappa shape index (κ3) is 5.92. The molecule has 0 aliphatic rings. The summed E-state index contributed by atoms with van der Waals surface area (Å²) in [4.78, 5) is 14.8. The van der Waals surface area contributed by atoms with Crippen molar-refractivity contribution in [2.45, 2.75) is 25.7 Å². The predicted molar refractivity (Wildman–Crippen MR) is 130 cm³/mol. The summed E-state index contributed by atoms with van der Waals surface area (Å²) in [6, 6.07) is 13.4. The second-order valence-corrected chi connectivity index (χ2v) is 10.2. The van der Waals surface area contributed by atoms with Crippen molar-refractivity contribution in [1.82, 2.24) is 4.72 Å². The van der Waals surface area contributed by atoms with Gasteiger partial charge in [0.1, 0.15) is 5.82 Å². The first-order valence-electron chi connectivity index (χ1n) is 10.1. The number of anilines is 1. The van der Waals surface area contributed by atoms with Crippen LogP contribution in [0.3, 0.4) is 0 Å². The molecule has 0 aromatic heterocycles. The minimum atomic E-state index is -3.82. The average Bonchev–Trinajstić information content (AvgIpc) is 2.70. The molecule has 0 heterocycles. The Morgan fingerprint density at radius 2 is 1.58 bits per heavy atom. The summed E-state index contributed by atoms with van der Waals surface area (Å²) in [6.07, 6.45) is 0. The van der Waals surface area contributed by atoms with E-state index >= 15 is 0 Å². The zero-order valence-electron chi connectivity index (χ0n) is 18.3. The summed E-state index contributed by atoms with van der Waals surface area (Å²) in [7, 11) is -3.82. The zero-order chi connectivity index (χ0) is 24.3. The summed E-state index contributed by atoms with van der Waals surface area (Å²) >= 11 is 12.1. The van der Waals surface area contributed by atoms with Crippen LogP contribution in [0.15, 0.2) is 59.5 Å². The van der Waals surface area contributed by atoms with Gasteiger partial charge in [-0.25, -0.2) is 17.5 Å². The van der Waals surface area contributed by atoms with Gasteiger partial charge in [0.25, 0.3) is 5.91 Å². The van der Waals surface area contributed by atoms with Gasteiger partial charge in [-0.2, -0.15) is 0 Å². The third-order valence-electron chi connectivity index (χ3n) is 5.05. The highest BCUT2D eigenvalue weighted by molar-refractivity contribution is 7.89. The number of aryl methyl sites for hydroxylation is 3. The van der Waals surface area contributed by atoms with E-state index < -0.39 is 21.7 Å². The number of halogens is 3. The van der Waals surface area contributed by atoms with Crippen molar-refractivity contribution in [1.29, 1.82) is 0 Å². The van der Waals surface area contributed by atoms with Gasteiger partial charge in [0.2, 0.25) is 10.0 Å². The maximum atomic E-state index is 13.5. The summed E-state index contributed by atoms with van der Waals surface area (Å²) in [5.74, 6) is -0.924. The van der Waals surface area contributed by atoms with E-state index in [0.29, 0.717) is 21.8 Å². The highest BCUT2D eigenvalue weighted by Gasteiger charge is 2.23. The van der Waals surface area contributed by atoms with Gasteiger partial charge in [-0.3, -0.25) is 4.79 Å². The van der Waals surface area contributed by atoms with Crippen LogP contribution in [0, 0.1) is 26.6 Å². The van der Waals surface area contributed by atoms with E-state index in [-0.39, 0.29) is 28.6 Å². The maximum absolute atomic E-state index is 13.5. The number of hydrogen-bond acceptors (Lipinski definition) is 3. The number of amides is 1. The number of rotatable bonds is 7. The second kappa shape index (κ2) is 10.2. The first-order valence-corrected chi connectivity index (χ1v) is 12.3. The Morgan fingerprint density at radius 1 is 0.970 bits per heavy atom. The minimum absolute atomic E-state index is 0.00733. The number of carbonyl (C=O) groups excluding carboxylic acids is 1. The molecule has 0 fully saturated rings. The van der Waals surface area contributed by atoms with E-state index in [1.165, 1.54) is 47.4 Å². The monoisotopic (exact) mass is 508 g/mol. The number of carbonyl (C=O) groups is 1. The molecule has 9 heteroatoms. The molecule has 0 radical (unpaired) electrons. The van der Waals surface area contributed by atoms with Crippen LogP contribution >= 0.6 is 23.2 Å². The van der Waals surface area contributed by atoms with Crippen LogP contribution in [0.25, 0.3) is 0 Å². The number of nitrogens with one attached hydrogen (secondary N) is 1. The number of hydrogen-bond donors (Lipinski definition) is 1. The van der Waals surface area contributed by atoms with Crippen LogP contribution in [-0.4, -0.2) is 27.4 Å². The van der Waals surface area contributed by atoms with Crippen molar-refractivity contribution < 1.29 is 17.6 Å². The molecule has 0 saturated heterocycles. The fraction of sp³-hybridized carbons (Fsp3) is 0.208. The second-order valence-electron chi connectivity index (χ2n) is 7.68. The minimum Gasteiger partial charge on any atom is -0.307 e. The molecule has 0 spiro atoms. The average molecular weight is 509 g/mol. The van der Waals surface area contributed by atoms with Gasteiger partial charge in [0, 0.05) is 23.8 Å². The van der Waals surface area contributed by atoms with Crippen molar-refractivity contribution in [2.24, 2.45) is 0 Å². The molecule has 0 aliphatic carbocycles. The summed E-state index contributed by atoms with van der Waals surface area (Å²) < 4.78 is 42.0. The Hall–Kier alpha value is -2.45. The first kappa shape index (κ1) is 25.2. The van der Waals surface area contributed by atoms with E-state index in [1.807, 2.05) is 6.92 Å². The van der Waals surface area contributed by atoms with Crippen LogP contribution < -0.4 is 9.62 Å². The van der Waals surface area contributed by atoms with Crippen LogP contribution in [0.1, 0.15) is 27.0 Å². The van der Waals surface area contributed by atoms with Crippen LogP contribution in [0.4, 0.5) is 10.1 Å². The van der Waals surface area contributed by atoms with E-state index in [0.717, 1.165) is 5.56 Å². The summed E-state index contributed by atoms with van der Waals surface area (Å²) in [5.41, 5.74) is 2.84. The van der Waals surface area contributed by atoms with E-state index in [4.69, 9.17) is 23.2 Å². The molecule has 0 atom stereocenters. The predicted octanol–water partition coefficient (Wildman–Crippen LogP) is 5.68. The van der Waals surface area contributed by atoms with Crippen molar-refractivity contribution >= 4 is 44.8 Å². The molecule has 1 N–H and O–H groups in total. The lowest BCUT2D eigenvalue weighted by Gasteiger charge is -2.24. The molecule has 5 nitrogen and oxygen atoms in total. The molecule has 0 bridgehead atoms. The van der Waals surface area contributed by atoms with Crippen molar-refractivity contribution in [3.63, 3.8) is 0 Å². The Kier molecular flexibility index (Phi) is 7.80. The van der Waals surface area contributed by atoms with Crippen LogP contribution in [0.2, 0.25) is 10.0 Å². The molecule has 0 saturated carbocycles. The standard InChI is InChI=1S/C24H23Cl2FN2O3S/c1-15-12-16(2)23(17(3)13-15)33(31,32)28-10-11-29(20-7-5-19(27)6-8-20)24(30)21-9-4-18(25)14-22(21)26/h4-9,12-14,28H,10-11H2,1-3H3. The molecular weight excluding hydrogens is 486 g/mol. The van der Waals surface area contributed by atoms with Gasteiger partial charge in [-0.15, -0.1) is 0 Å². The Bertz CT molecular complexity index is 1270. The third-order valence-corrected chi connectivity index (χ3v) is 7.36. The zero-order valence-corrected chi connectivity index (χ0v) is 20.7. The molecular formula is C24H23Cl2FN2O3S. The van der Waals surface area contributed by atoms with Crippen molar-refractivity contribution in [3.05, 3.63) is 92.7 Å². The van der Waals surface area contributed by atoms with Gasteiger partial charge < -0.3 is 4.90 Å². The van der Waals surface area contributed by atoms with Crippen LogP contribution in [-0.2, 0) is 10.0 Å². The Balaban J connectivity index is 1.87. The number of nitrogens with zero attached hydrogens (tertiary/aromatic N) is 1. The molecule has 3 aromatic rings. The lowest BCUT2D eigenvalue weighted by Crippen LogP contribution is -2.39. The SMILES string of the molecule is Cc1cc(C)c(S(=O)(=O)NCCN(C(=O)c2ccc(Cl)cc2Cl)c2ccc(F)cc2)c(C)c1. The molecule has 0 aliphatic heterocycles. The van der Waals surface area contributed by atoms with Gasteiger partial charge in [0.15, 0.2) is 0 Å². The van der Waals surface area contributed by atoms with E-state index in [2.05, 4.69) is 4.72 Å². The quantitative estimate of drug-likeness (QED) is 0.446. The van der Waals surface area contributed by atoms with Crippen molar-refractivity contribution in [2.75, 3.05) is 18.0 Å². The first-order chi connectivity index (χ1) is 15.5. The Morgan fingerprint density at radius 3 is 2.15 bits per heavy atom. The van der Waals surface area contributed by atoms with Crippen molar-refractivity contribution in [3.8, 4) is 0 Å². The largest absolute Gasteiger partial charge is 0.307 e. The fourth-order valence-corrected chi connectivity index (χ4v) is 5.69. The molecule has 1 amide bonds. The number of benzene rings is 3. The highest BCUT2D eigenvalue weighted by Crippen LogP contribution is 2.25. The smallest absolute Gasteiger partial charge is 0.259 e. The summed E-state index contributed by atoms with van der Waals surface area (Å²) in [6.45, 7) is 5.31. The normalized spacial score (nSPS) is 11.5. The topological polar surface area (TPSA) is 66.5 Å².